The third-order valence-corrected chi connectivity index (χ3v) is 14.7. The van der Waals surface area contributed by atoms with Gasteiger partial charge in [-0.1, -0.05) is 241 Å². The first-order valence-corrected chi connectivity index (χ1v) is 30.5. The molecule has 0 unspecified atom stereocenters. The van der Waals surface area contributed by atoms with Crippen LogP contribution in [0.5, 0.6) is 0 Å². The van der Waals surface area contributed by atoms with Crippen molar-refractivity contribution in [2.24, 2.45) is 33.5 Å². The van der Waals surface area contributed by atoms with Crippen molar-refractivity contribution in [3.8, 4) is 0 Å². The summed E-state index contributed by atoms with van der Waals surface area (Å²) in [4.78, 5) is 5.16. The summed E-state index contributed by atoms with van der Waals surface area (Å²) in [5.74, 6) is 2.08. The number of halogens is 1. The molecule has 3 aliphatic rings. The zero-order valence-corrected chi connectivity index (χ0v) is 52.7. The molecule has 0 aromatic heterocycles. The smallest absolute Gasteiger partial charge is 0.0437 e. The van der Waals surface area contributed by atoms with Gasteiger partial charge in [0, 0.05) is 16.1 Å². The minimum atomic E-state index is 0.353. The summed E-state index contributed by atoms with van der Waals surface area (Å²) in [6.07, 6.45) is 33.5. The molecule has 1 aliphatic heterocycles. The van der Waals surface area contributed by atoms with Crippen LogP contribution in [0.1, 0.15) is 291 Å². The third-order valence-electron chi connectivity index (χ3n) is 14.3. The molecule has 416 valence electrons. The lowest BCUT2D eigenvalue weighted by molar-refractivity contribution is 0.137. The molecule has 1 heterocycles. The zero-order valence-electron chi connectivity index (χ0n) is 51.9. The average molecular weight is 1010 g/mol. The lowest BCUT2D eigenvalue weighted by Crippen LogP contribution is -2.42. The third kappa shape index (κ3) is 42.6. The molecule has 5 rings (SSSR count). The Morgan fingerprint density at radius 1 is 0.465 bits per heavy atom. The number of hydrogen-bond donors (Lipinski definition) is 0. The van der Waals surface area contributed by atoms with E-state index in [0.717, 1.165) is 23.3 Å². The fourth-order valence-corrected chi connectivity index (χ4v) is 10.7. The maximum absolute atomic E-state index is 6.05. The van der Waals surface area contributed by atoms with Crippen LogP contribution in [0.2, 0.25) is 5.02 Å². The Kier molecular flexibility index (Phi) is 35.9. The van der Waals surface area contributed by atoms with Gasteiger partial charge in [-0.2, -0.15) is 0 Å². The normalized spacial score (nSPS) is 17.0. The van der Waals surface area contributed by atoms with Crippen molar-refractivity contribution < 1.29 is 0 Å². The highest BCUT2D eigenvalue weighted by molar-refractivity contribution is 6.31. The van der Waals surface area contributed by atoms with Gasteiger partial charge in [-0.25, -0.2) is 0 Å². The molecule has 3 fully saturated rings. The van der Waals surface area contributed by atoms with E-state index in [4.69, 9.17) is 11.6 Å². The van der Waals surface area contributed by atoms with Crippen LogP contribution in [-0.2, 0) is 12.8 Å². The summed E-state index contributed by atoms with van der Waals surface area (Å²) in [5, 5.41) is 0.895. The topological polar surface area (TPSA) is 6.48 Å². The molecule has 71 heavy (non-hydrogen) atoms. The summed E-state index contributed by atoms with van der Waals surface area (Å²) in [7, 11) is 0. The van der Waals surface area contributed by atoms with Crippen LogP contribution >= 0.6 is 11.6 Å². The van der Waals surface area contributed by atoms with E-state index in [9.17, 15) is 0 Å². The lowest BCUT2D eigenvalue weighted by atomic mass is 9.78. The standard InChI is InChI=1S/C13H20.C12H17Cl.C12H24.C11H22.C10H21N.C10H23N/c1-13(2,3)11-7-10-12-8-5-4-6-9-12;1-12(2,3)9-8-10-6-4-5-7-11(10)13;1-12(2,3)10-11-8-6-4-5-7-9-11;1-11(2,3)9-10-7-5-4-6-8-10;1-10(2,3)11-8-6-4-5-7-9-11;1-6-8-11(9-7-2)10(3,4)5/h4-6,8-9H,7,10-11H2,1-3H3;4-7H,8-9H2,1-3H3;11H,4-10H2,1-3H3;10H,4-9H2,1-3H3;4-9H2,1-3H3;6-9H2,1-5H3. The lowest BCUT2D eigenvalue weighted by Gasteiger charge is -2.35. The van der Waals surface area contributed by atoms with Gasteiger partial charge < -0.3 is 0 Å². The molecule has 0 N–H and O–H groups in total. The molecule has 2 saturated carbocycles. The molecule has 0 amide bonds. The Morgan fingerprint density at radius 2 is 0.859 bits per heavy atom. The molecule has 0 radical (unpaired) electrons. The Bertz CT molecular complexity index is 1480. The molecule has 0 bridgehead atoms. The number of hydrogen-bond acceptors (Lipinski definition) is 2. The van der Waals surface area contributed by atoms with Crippen LogP contribution in [0.25, 0.3) is 0 Å². The second kappa shape index (κ2) is 36.6. The zero-order chi connectivity index (χ0) is 54.2. The van der Waals surface area contributed by atoms with E-state index in [1.165, 1.54) is 185 Å². The molecule has 2 aromatic rings. The second-order valence-corrected chi connectivity index (χ2v) is 29.6. The Hall–Kier alpha value is -1.35. The van der Waals surface area contributed by atoms with Crippen molar-refractivity contribution in [1.82, 2.24) is 9.80 Å². The van der Waals surface area contributed by atoms with Gasteiger partial charge in [-0.05, 0) is 189 Å². The fraction of sp³-hybridized carbons (Fsp3) is 0.824. The van der Waals surface area contributed by atoms with E-state index in [1.54, 1.807) is 0 Å². The molecular weight excluding hydrogens is 880 g/mol. The number of rotatable bonds is 11. The first-order chi connectivity index (χ1) is 32.8. The van der Waals surface area contributed by atoms with Crippen LogP contribution in [0.3, 0.4) is 0 Å². The van der Waals surface area contributed by atoms with Crippen LogP contribution in [0, 0.1) is 33.5 Å². The van der Waals surface area contributed by atoms with E-state index in [1.807, 2.05) is 18.2 Å². The highest BCUT2D eigenvalue weighted by atomic mass is 35.5. The van der Waals surface area contributed by atoms with Crippen molar-refractivity contribution in [3.05, 3.63) is 70.7 Å². The Balaban J connectivity index is 0.000000829. The van der Waals surface area contributed by atoms with Gasteiger partial charge in [-0.3, -0.25) is 9.80 Å². The van der Waals surface area contributed by atoms with Gasteiger partial charge in [0.05, 0.1) is 0 Å². The summed E-state index contributed by atoms with van der Waals surface area (Å²) in [6.45, 7) is 51.3. The average Bonchev–Trinajstić information content (AvgIpc) is 3.69. The quantitative estimate of drug-likeness (QED) is 0.207. The molecule has 3 heteroatoms. The van der Waals surface area contributed by atoms with Gasteiger partial charge in [-0.15, -0.1) is 0 Å². The molecule has 1 saturated heterocycles. The molecule has 0 atom stereocenters. The van der Waals surface area contributed by atoms with E-state index >= 15 is 0 Å². The van der Waals surface area contributed by atoms with Crippen molar-refractivity contribution in [2.45, 2.75) is 304 Å². The summed E-state index contributed by atoms with van der Waals surface area (Å²) in [6, 6.07) is 18.8. The SMILES string of the molecule is CC(C)(C)CC1CCCCC1.CC(C)(C)CC1CCCCCC1.CC(C)(C)CCCc1ccccc1.CC(C)(C)CCc1ccccc1Cl.CC(C)(C)N1CCCCCC1.CCCN(CCC)C(C)(C)C. The van der Waals surface area contributed by atoms with Crippen LogP contribution in [-0.4, -0.2) is 47.1 Å². The van der Waals surface area contributed by atoms with E-state index < -0.39 is 0 Å². The van der Waals surface area contributed by atoms with Crippen molar-refractivity contribution in [3.63, 3.8) is 0 Å². The summed E-state index contributed by atoms with van der Waals surface area (Å²) in [5.41, 5.74) is 5.45. The van der Waals surface area contributed by atoms with Gasteiger partial charge in [0.15, 0.2) is 0 Å². The van der Waals surface area contributed by atoms with E-state index in [0.29, 0.717) is 32.7 Å². The van der Waals surface area contributed by atoms with Gasteiger partial charge >= 0.3 is 0 Å². The molecule has 2 aliphatic carbocycles. The first kappa shape index (κ1) is 69.7. The van der Waals surface area contributed by atoms with Crippen molar-refractivity contribution >= 4 is 11.6 Å². The maximum Gasteiger partial charge on any atom is 0.0437 e. The fourth-order valence-electron chi connectivity index (χ4n) is 10.4. The predicted octanol–water partition coefficient (Wildman–Crippen LogP) is 22.3. The summed E-state index contributed by atoms with van der Waals surface area (Å²) < 4.78 is 0. The number of nitrogens with zero attached hydrogens (tertiary/aromatic N) is 2. The second-order valence-electron chi connectivity index (χ2n) is 29.2. The highest BCUT2D eigenvalue weighted by Gasteiger charge is 2.23. The number of likely N-dealkylation sites (tertiary alicyclic amines) is 1. The van der Waals surface area contributed by atoms with E-state index in [2.05, 4.69) is 185 Å². The monoisotopic (exact) mass is 1010 g/mol. The molecule has 2 nitrogen and oxygen atoms in total. The van der Waals surface area contributed by atoms with Crippen molar-refractivity contribution in [2.75, 3.05) is 26.2 Å². The van der Waals surface area contributed by atoms with Crippen LogP contribution in [0.4, 0.5) is 0 Å². The largest absolute Gasteiger partial charge is 0.299 e. The first-order valence-electron chi connectivity index (χ1n) is 30.1. The Labute approximate surface area is 453 Å². The van der Waals surface area contributed by atoms with Crippen molar-refractivity contribution in [1.29, 1.82) is 0 Å². The minimum Gasteiger partial charge on any atom is -0.299 e. The molecule has 2 aromatic carbocycles. The highest BCUT2D eigenvalue weighted by Crippen LogP contribution is 2.35. The summed E-state index contributed by atoms with van der Waals surface area (Å²) >= 11 is 6.05. The maximum atomic E-state index is 6.05. The minimum absolute atomic E-state index is 0.353. The Morgan fingerprint density at radius 3 is 1.23 bits per heavy atom. The van der Waals surface area contributed by atoms with E-state index in [-0.39, 0.29) is 0 Å². The van der Waals surface area contributed by atoms with Gasteiger partial charge in [0.25, 0.3) is 0 Å². The molecular formula is C68H127ClN2. The van der Waals surface area contributed by atoms with Gasteiger partial charge in [0.1, 0.15) is 0 Å². The molecule has 0 spiro atoms. The predicted molar refractivity (Wildman–Crippen MR) is 326 cm³/mol. The van der Waals surface area contributed by atoms with Gasteiger partial charge in [0.2, 0.25) is 0 Å². The van der Waals surface area contributed by atoms with Crippen LogP contribution < -0.4 is 0 Å². The number of aryl methyl sites for hydroxylation is 2. The van der Waals surface area contributed by atoms with Crippen LogP contribution in [0.15, 0.2) is 54.6 Å². The number of benzene rings is 2.